The van der Waals surface area contributed by atoms with Gasteiger partial charge in [0.1, 0.15) is 11.5 Å². The first-order valence-electron chi connectivity index (χ1n) is 13.4. The lowest BCUT2D eigenvalue weighted by Gasteiger charge is -2.16. The Morgan fingerprint density at radius 2 is 1.67 bits per heavy atom. The predicted molar refractivity (Wildman–Crippen MR) is 156 cm³/mol. The van der Waals surface area contributed by atoms with Gasteiger partial charge in [0.15, 0.2) is 11.5 Å². The monoisotopic (exact) mass is 574 g/mol. The molecular formula is C32H34N2O8. The van der Waals surface area contributed by atoms with Gasteiger partial charge in [-0.05, 0) is 60.9 Å². The Bertz CT molecular complexity index is 1530. The van der Waals surface area contributed by atoms with Crippen molar-refractivity contribution >= 4 is 11.9 Å². The molecule has 0 aliphatic rings. The number of amides is 1. The SMILES string of the molecule is COc1ccc(C(=O)NCc2cc(OCCc3nc(-c4ccccc4)oc3C)ccc2CCC(=O)O)c(OC)c1OC. The highest BCUT2D eigenvalue weighted by atomic mass is 16.5. The van der Waals surface area contributed by atoms with Gasteiger partial charge in [-0.15, -0.1) is 0 Å². The van der Waals surface area contributed by atoms with E-state index in [0.717, 1.165) is 28.1 Å². The molecule has 2 N–H and O–H groups in total. The van der Waals surface area contributed by atoms with Crippen molar-refractivity contribution in [1.82, 2.24) is 10.3 Å². The van der Waals surface area contributed by atoms with E-state index in [4.69, 9.17) is 23.4 Å². The second-order valence-corrected chi connectivity index (χ2v) is 9.38. The third-order valence-electron chi connectivity index (χ3n) is 6.70. The molecule has 10 heteroatoms. The van der Waals surface area contributed by atoms with E-state index in [1.54, 1.807) is 18.2 Å². The standard InChI is InChI=1S/C32H34N2O8/c1-20-26(34-32(42-20)22-8-6-5-7-9-22)16-17-41-24-12-10-21(11-15-28(35)36)23(18-24)19-33-31(37)25-13-14-27(38-2)30(40-4)29(25)39-3/h5-10,12-14,18H,11,15-17,19H2,1-4H3,(H,33,37)(H,35,36). The smallest absolute Gasteiger partial charge is 0.303 e. The van der Waals surface area contributed by atoms with Crippen molar-refractivity contribution in [2.45, 2.75) is 32.7 Å². The molecule has 3 aromatic carbocycles. The molecule has 1 aromatic heterocycles. The molecule has 42 heavy (non-hydrogen) atoms. The average molecular weight is 575 g/mol. The highest BCUT2D eigenvalue weighted by Gasteiger charge is 2.21. The van der Waals surface area contributed by atoms with E-state index in [1.807, 2.05) is 49.4 Å². The minimum atomic E-state index is -0.904. The van der Waals surface area contributed by atoms with E-state index in [9.17, 15) is 14.7 Å². The zero-order valence-corrected chi connectivity index (χ0v) is 24.1. The fraction of sp³-hybridized carbons (Fsp3) is 0.281. The van der Waals surface area contributed by atoms with Gasteiger partial charge in [0, 0.05) is 24.9 Å². The quantitative estimate of drug-likeness (QED) is 0.208. The first-order chi connectivity index (χ1) is 20.3. The number of benzene rings is 3. The number of carbonyl (C=O) groups is 2. The fourth-order valence-corrected chi connectivity index (χ4v) is 4.52. The van der Waals surface area contributed by atoms with Crippen molar-refractivity contribution < 1.29 is 38.1 Å². The Kier molecular flexibility index (Phi) is 10.0. The summed E-state index contributed by atoms with van der Waals surface area (Å²) in [5.74, 6) is 1.58. The Balaban J connectivity index is 1.47. The third kappa shape index (κ3) is 7.20. The van der Waals surface area contributed by atoms with Crippen LogP contribution in [0, 0.1) is 6.92 Å². The Hall–Kier alpha value is -4.99. The fourth-order valence-electron chi connectivity index (χ4n) is 4.52. The van der Waals surface area contributed by atoms with Crippen molar-refractivity contribution in [1.29, 1.82) is 0 Å². The first-order valence-corrected chi connectivity index (χ1v) is 13.4. The lowest BCUT2D eigenvalue weighted by molar-refractivity contribution is -0.136. The lowest BCUT2D eigenvalue weighted by atomic mass is 10.0. The first kappa shape index (κ1) is 30.0. The predicted octanol–water partition coefficient (Wildman–Crippen LogP) is 5.24. The largest absolute Gasteiger partial charge is 0.493 e. The molecular weight excluding hydrogens is 540 g/mol. The van der Waals surface area contributed by atoms with E-state index in [1.165, 1.54) is 21.3 Å². The molecule has 0 bridgehead atoms. The number of ether oxygens (including phenoxy) is 4. The number of nitrogens with zero attached hydrogens (tertiary/aromatic N) is 1. The van der Waals surface area contributed by atoms with Gasteiger partial charge >= 0.3 is 5.97 Å². The Morgan fingerprint density at radius 3 is 2.36 bits per heavy atom. The molecule has 1 amide bonds. The van der Waals surface area contributed by atoms with Crippen LogP contribution in [0.15, 0.2) is 65.1 Å². The second-order valence-electron chi connectivity index (χ2n) is 9.38. The van der Waals surface area contributed by atoms with Gasteiger partial charge < -0.3 is 33.8 Å². The molecule has 4 rings (SSSR count). The van der Waals surface area contributed by atoms with Crippen LogP contribution in [0.2, 0.25) is 0 Å². The highest BCUT2D eigenvalue weighted by molar-refractivity contribution is 5.98. The van der Waals surface area contributed by atoms with Crippen molar-refractivity contribution in [3.05, 3.63) is 88.8 Å². The number of carboxylic acid groups (broad SMARTS) is 1. The maximum Gasteiger partial charge on any atom is 0.303 e. The van der Waals surface area contributed by atoms with Crippen LogP contribution >= 0.6 is 0 Å². The van der Waals surface area contributed by atoms with Crippen LogP contribution in [0.5, 0.6) is 23.0 Å². The van der Waals surface area contributed by atoms with Crippen molar-refractivity contribution in [3.63, 3.8) is 0 Å². The van der Waals surface area contributed by atoms with E-state index in [2.05, 4.69) is 10.3 Å². The molecule has 1 heterocycles. The van der Waals surface area contributed by atoms with Crippen LogP contribution in [0.3, 0.4) is 0 Å². The molecule has 0 fully saturated rings. The number of hydrogen-bond donors (Lipinski definition) is 2. The number of nitrogens with one attached hydrogen (secondary N) is 1. The van der Waals surface area contributed by atoms with E-state index < -0.39 is 5.97 Å². The van der Waals surface area contributed by atoms with Crippen molar-refractivity contribution in [3.8, 4) is 34.5 Å². The zero-order chi connectivity index (χ0) is 30.1. The van der Waals surface area contributed by atoms with Crippen LogP contribution < -0.4 is 24.3 Å². The molecule has 0 atom stereocenters. The number of oxazole rings is 1. The number of aliphatic carboxylic acids is 1. The van der Waals surface area contributed by atoms with E-state index in [-0.39, 0.29) is 30.2 Å². The van der Waals surface area contributed by atoms with Crippen LogP contribution in [0.1, 0.15) is 39.4 Å². The van der Waals surface area contributed by atoms with Crippen LogP contribution in [-0.2, 0) is 24.2 Å². The summed E-state index contributed by atoms with van der Waals surface area (Å²) in [6.45, 7) is 2.37. The summed E-state index contributed by atoms with van der Waals surface area (Å²) in [6, 6.07) is 18.3. The van der Waals surface area contributed by atoms with Gasteiger partial charge in [0.2, 0.25) is 11.6 Å². The summed E-state index contributed by atoms with van der Waals surface area (Å²) in [7, 11) is 4.41. The summed E-state index contributed by atoms with van der Waals surface area (Å²) in [4.78, 5) is 29.0. The summed E-state index contributed by atoms with van der Waals surface area (Å²) in [6.07, 6.45) is 0.800. The summed E-state index contributed by atoms with van der Waals surface area (Å²) in [5.41, 5.74) is 3.52. The maximum atomic E-state index is 13.2. The molecule has 0 radical (unpaired) electrons. The normalized spacial score (nSPS) is 10.7. The number of rotatable bonds is 14. The number of aromatic nitrogens is 1. The van der Waals surface area contributed by atoms with Crippen molar-refractivity contribution in [2.24, 2.45) is 0 Å². The second kappa shape index (κ2) is 14.1. The molecule has 0 aliphatic heterocycles. The van der Waals surface area contributed by atoms with Crippen molar-refractivity contribution in [2.75, 3.05) is 27.9 Å². The van der Waals surface area contributed by atoms with E-state index >= 15 is 0 Å². The molecule has 0 saturated carbocycles. The van der Waals surface area contributed by atoms with Gasteiger partial charge in [-0.2, -0.15) is 0 Å². The van der Waals surface area contributed by atoms with Gasteiger partial charge in [-0.25, -0.2) is 4.98 Å². The minimum Gasteiger partial charge on any atom is -0.493 e. The van der Waals surface area contributed by atoms with Gasteiger partial charge in [-0.1, -0.05) is 24.3 Å². The molecule has 0 saturated heterocycles. The summed E-state index contributed by atoms with van der Waals surface area (Å²) in [5, 5.41) is 12.1. The van der Waals surface area contributed by atoms with E-state index in [0.29, 0.717) is 42.6 Å². The highest BCUT2D eigenvalue weighted by Crippen LogP contribution is 2.39. The van der Waals surface area contributed by atoms with Gasteiger partial charge in [0.25, 0.3) is 5.91 Å². The molecule has 0 unspecified atom stereocenters. The third-order valence-corrected chi connectivity index (χ3v) is 6.70. The van der Waals surface area contributed by atoms with Gasteiger partial charge in [0.05, 0.1) is 39.2 Å². The molecule has 0 spiro atoms. The molecule has 220 valence electrons. The summed E-state index contributed by atoms with van der Waals surface area (Å²) < 4.78 is 28.0. The Labute approximate surface area is 244 Å². The minimum absolute atomic E-state index is 0.0418. The average Bonchev–Trinajstić information content (AvgIpc) is 3.38. The zero-order valence-electron chi connectivity index (χ0n) is 24.1. The molecule has 0 aliphatic carbocycles. The lowest BCUT2D eigenvalue weighted by Crippen LogP contribution is -2.24. The van der Waals surface area contributed by atoms with Crippen LogP contribution in [-0.4, -0.2) is 49.9 Å². The number of hydrogen-bond acceptors (Lipinski definition) is 8. The number of carbonyl (C=O) groups excluding carboxylic acids is 1. The van der Waals surface area contributed by atoms with Crippen LogP contribution in [0.25, 0.3) is 11.5 Å². The maximum absolute atomic E-state index is 13.2. The van der Waals surface area contributed by atoms with Gasteiger partial charge in [-0.3, -0.25) is 9.59 Å². The number of aryl methyl sites for hydroxylation is 2. The van der Waals surface area contributed by atoms with Crippen LogP contribution in [0.4, 0.5) is 0 Å². The molecule has 10 nitrogen and oxygen atoms in total. The topological polar surface area (TPSA) is 129 Å². The number of carboxylic acids is 1. The Morgan fingerprint density at radius 1 is 0.905 bits per heavy atom. The summed E-state index contributed by atoms with van der Waals surface area (Å²) >= 11 is 0. The molecule has 4 aromatic rings. The number of methoxy groups -OCH3 is 3.